The molecular weight excluding hydrogens is 430 g/mol. The minimum absolute atomic E-state index is 0.530. The van der Waals surface area contributed by atoms with Crippen LogP contribution in [-0.2, 0) is 0 Å². The first kappa shape index (κ1) is 20.7. The SMILES string of the molecule is Nc1nccc2c1c(-c1ccc3ccc(-c4ccccc4)nc3c1)cn2[C@H]1C[C@H](CN2CCC2)C1. The predicted molar refractivity (Wildman–Crippen MR) is 143 cm³/mol. The summed E-state index contributed by atoms with van der Waals surface area (Å²) in [6, 6.07) is 23.8. The lowest BCUT2D eigenvalue weighted by molar-refractivity contribution is 0.0923. The molecule has 1 aliphatic heterocycles. The van der Waals surface area contributed by atoms with E-state index < -0.39 is 0 Å². The molecule has 0 spiro atoms. The number of hydrogen-bond acceptors (Lipinski definition) is 4. The van der Waals surface area contributed by atoms with Gasteiger partial charge in [-0.05, 0) is 62.0 Å². The van der Waals surface area contributed by atoms with Crippen molar-refractivity contribution in [1.29, 1.82) is 0 Å². The fourth-order valence-corrected chi connectivity index (χ4v) is 5.81. The summed E-state index contributed by atoms with van der Waals surface area (Å²) < 4.78 is 2.45. The van der Waals surface area contributed by atoms with Gasteiger partial charge in [0.25, 0.3) is 0 Å². The van der Waals surface area contributed by atoms with Crippen LogP contribution in [0.3, 0.4) is 0 Å². The number of hydrogen-bond donors (Lipinski definition) is 1. The first-order valence-electron chi connectivity index (χ1n) is 12.7. The van der Waals surface area contributed by atoms with Gasteiger partial charge in [0.15, 0.2) is 0 Å². The maximum absolute atomic E-state index is 6.45. The molecule has 5 heteroatoms. The molecule has 1 saturated carbocycles. The number of pyridine rings is 2. The second kappa shape index (κ2) is 8.21. The Morgan fingerprint density at radius 1 is 0.914 bits per heavy atom. The van der Waals surface area contributed by atoms with E-state index in [2.05, 4.69) is 81.3 Å². The highest BCUT2D eigenvalue weighted by atomic mass is 15.2. The van der Waals surface area contributed by atoms with Crippen LogP contribution < -0.4 is 5.73 Å². The molecule has 5 aromatic rings. The van der Waals surface area contributed by atoms with Crippen LogP contribution in [0.2, 0.25) is 0 Å². The molecule has 3 aromatic heterocycles. The Bertz CT molecular complexity index is 1530. The average Bonchev–Trinajstić information content (AvgIpc) is 3.22. The van der Waals surface area contributed by atoms with Gasteiger partial charge in [-0.2, -0.15) is 0 Å². The minimum atomic E-state index is 0.530. The molecule has 35 heavy (non-hydrogen) atoms. The molecule has 4 heterocycles. The molecule has 2 aliphatic rings. The zero-order valence-corrected chi connectivity index (χ0v) is 19.8. The van der Waals surface area contributed by atoms with E-state index >= 15 is 0 Å². The molecule has 5 nitrogen and oxygen atoms in total. The Hall–Kier alpha value is -3.70. The molecule has 0 radical (unpaired) electrons. The molecule has 2 aromatic carbocycles. The molecule has 0 amide bonds. The number of likely N-dealkylation sites (tertiary alicyclic amines) is 1. The molecule has 0 bridgehead atoms. The standard InChI is InChI=1S/C30H29N5/c31-30-29-25(19-35(28(29)11-12-32-30)24-15-20(16-24)18-34-13-4-14-34)23-8-7-22-9-10-26(33-27(22)17-23)21-5-2-1-3-6-21/h1-3,5-12,17,19-20,24H,4,13-16,18H2,(H2,31,32)/t20-,24-. The summed E-state index contributed by atoms with van der Waals surface area (Å²) in [4.78, 5) is 12.0. The lowest BCUT2D eigenvalue weighted by Gasteiger charge is -2.42. The number of nitrogens with zero attached hydrogens (tertiary/aromatic N) is 4. The van der Waals surface area contributed by atoms with E-state index in [9.17, 15) is 0 Å². The molecule has 7 rings (SSSR count). The second-order valence-electron chi connectivity index (χ2n) is 10.2. The molecule has 0 atom stereocenters. The van der Waals surface area contributed by atoms with Crippen molar-refractivity contribution in [3.8, 4) is 22.4 Å². The monoisotopic (exact) mass is 459 g/mol. The van der Waals surface area contributed by atoms with Crippen molar-refractivity contribution >= 4 is 27.6 Å². The Labute approximate surface area is 205 Å². The van der Waals surface area contributed by atoms with E-state index in [1.54, 1.807) is 0 Å². The number of benzene rings is 2. The third-order valence-electron chi connectivity index (χ3n) is 7.92. The zero-order valence-electron chi connectivity index (χ0n) is 19.8. The van der Waals surface area contributed by atoms with E-state index in [1.807, 2.05) is 12.3 Å². The summed E-state index contributed by atoms with van der Waals surface area (Å²) in [5.74, 6) is 1.40. The highest BCUT2D eigenvalue weighted by molar-refractivity contribution is 6.03. The molecule has 1 saturated heterocycles. The Balaban J connectivity index is 1.27. The molecule has 2 fully saturated rings. The van der Waals surface area contributed by atoms with E-state index in [-0.39, 0.29) is 0 Å². The van der Waals surface area contributed by atoms with Gasteiger partial charge >= 0.3 is 0 Å². The van der Waals surface area contributed by atoms with Crippen molar-refractivity contribution in [3.05, 3.63) is 79.1 Å². The highest BCUT2D eigenvalue weighted by Gasteiger charge is 2.34. The summed E-state index contributed by atoms with van der Waals surface area (Å²) in [6.45, 7) is 3.82. The summed E-state index contributed by atoms with van der Waals surface area (Å²) in [5.41, 5.74) is 13.0. The number of fused-ring (bicyclic) bond motifs is 2. The van der Waals surface area contributed by atoms with Gasteiger partial charge in [-0.3, -0.25) is 0 Å². The molecular formula is C30H29N5. The number of anilines is 1. The Kier molecular flexibility index (Phi) is 4.84. The van der Waals surface area contributed by atoms with Gasteiger partial charge in [-0.25, -0.2) is 9.97 Å². The van der Waals surface area contributed by atoms with E-state index in [4.69, 9.17) is 10.7 Å². The zero-order chi connectivity index (χ0) is 23.4. The fourth-order valence-electron chi connectivity index (χ4n) is 5.81. The Morgan fingerprint density at radius 2 is 1.74 bits per heavy atom. The molecule has 0 unspecified atom stereocenters. The van der Waals surface area contributed by atoms with Gasteiger partial charge in [-0.1, -0.05) is 48.5 Å². The second-order valence-corrected chi connectivity index (χ2v) is 10.2. The van der Waals surface area contributed by atoms with Crippen LogP contribution in [0.25, 0.3) is 44.2 Å². The summed E-state index contributed by atoms with van der Waals surface area (Å²) in [5, 5.41) is 2.19. The van der Waals surface area contributed by atoms with Crippen molar-refractivity contribution in [2.45, 2.75) is 25.3 Å². The normalized spacial score (nSPS) is 20.1. The van der Waals surface area contributed by atoms with Gasteiger partial charge in [0.1, 0.15) is 5.82 Å². The smallest absolute Gasteiger partial charge is 0.133 e. The van der Waals surface area contributed by atoms with Gasteiger partial charge in [0.2, 0.25) is 0 Å². The first-order valence-corrected chi connectivity index (χ1v) is 12.7. The topological polar surface area (TPSA) is 60.0 Å². The number of nitrogen functional groups attached to an aromatic ring is 1. The fraction of sp³-hybridized carbons (Fsp3) is 0.267. The van der Waals surface area contributed by atoms with E-state index in [1.165, 1.54) is 44.4 Å². The first-order chi connectivity index (χ1) is 17.2. The van der Waals surface area contributed by atoms with Crippen LogP contribution in [0.4, 0.5) is 5.82 Å². The van der Waals surface area contributed by atoms with Crippen molar-refractivity contribution in [2.24, 2.45) is 5.92 Å². The van der Waals surface area contributed by atoms with Gasteiger partial charge in [0.05, 0.1) is 16.7 Å². The number of aromatic nitrogens is 3. The van der Waals surface area contributed by atoms with Crippen LogP contribution in [0, 0.1) is 5.92 Å². The average molecular weight is 460 g/mol. The van der Waals surface area contributed by atoms with Crippen LogP contribution in [-0.4, -0.2) is 39.1 Å². The van der Waals surface area contributed by atoms with Gasteiger partial charge < -0.3 is 15.2 Å². The number of rotatable bonds is 5. The van der Waals surface area contributed by atoms with Crippen molar-refractivity contribution in [1.82, 2.24) is 19.4 Å². The predicted octanol–water partition coefficient (Wildman–Crippen LogP) is 6.16. The van der Waals surface area contributed by atoms with Crippen molar-refractivity contribution < 1.29 is 0 Å². The molecule has 1 aliphatic carbocycles. The number of nitrogens with two attached hydrogens (primary N) is 1. The van der Waals surface area contributed by atoms with E-state index in [0.717, 1.165) is 44.6 Å². The van der Waals surface area contributed by atoms with E-state index in [0.29, 0.717) is 11.9 Å². The third-order valence-corrected chi connectivity index (χ3v) is 7.92. The van der Waals surface area contributed by atoms with Crippen LogP contribution in [0.15, 0.2) is 79.1 Å². The van der Waals surface area contributed by atoms with Gasteiger partial charge in [0, 0.05) is 46.9 Å². The maximum atomic E-state index is 6.45. The summed E-state index contributed by atoms with van der Waals surface area (Å²) >= 11 is 0. The van der Waals surface area contributed by atoms with Crippen LogP contribution in [0.1, 0.15) is 25.3 Å². The minimum Gasteiger partial charge on any atom is -0.383 e. The van der Waals surface area contributed by atoms with Crippen LogP contribution in [0.5, 0.6) is 0 Å². The highest BCUT2D eigenvalue weighted by Crippen LogP contribution is 2.44. The molecule has 174 valence electrons. The lowest BCUT2D eigenvalue weighted by atomic mass is 9.79. The van der Waals surface area contributed by atoms with Crippen molar-refractivity contribution in [2.75, 3.05) is 25.4 Å². The quantitative estimate of drug-likeness (QED) is 0.342. The van der Waals surface area contributed by atoms with Crippen molar-refractivity contribution in [3.63, 3.8) is 0 Å². The molecule has 2 N–H and O–H groups in total. The summed E-state index contributed by atoms with van der Waals surface area (Å²) in [6.07, 6.45) is 7.97. The third kappa shape index (κ3) is 3.58. The lowest BCUT2D eigenvalue weighted by Crippen LogP contribution is -2.43. The van der Waals surface area contributed by atoms with Crippen LogP contribution >= 0.6 is 0 Å². The van der Waals surface area contributed by atoms with Gasteiger partial charge in [-0.15, -0.1) is 0 Å². The maximum Gasteiger partial charge on any atom is 0.133 e. The largest absolute Gasteiger partial charge is 0.383 e. The Morgan fingerprint density at radius 3 is 2.54 bits per heavy atom. The summed E-state index contributed by atoms with van der Waals surface area (Å²) in [7, 11) is 0.